The molecule has 0 fully saturated rings. The van der Waals surface area contributed by atoms with E-state index >= 15 is 0 Å². The van der Waals surface area contributed by atoms with Crippen molar-refractivity contribution < 1.29 is 4.84 Å². The Labute approximate surface area is 204 Å². The number of amidine groups is 1. The van der Waals surface area contributed by atoms with E-state index in [1.165, 1.54) is 95.5 Å². The van der Waals surface area contributed by atoms with Crippen LogP contribution >= 0.6 is 0 Å². The minimum atomic E-state index is 0.267. The van der Waals surface area contributed by atoms with Crippen LogP contribution < -0.4 is 0 Å². The summed E-state index contributed by atoms with van der Waals surface area (Å²) in [6, 6.07) is 10.4. The molecule has 3 nitrogen and oxygen atoms in total. The Hall–Kier alpha value is -1.61. The molecule has 33 heavy (non-hydrogen) atoms. The summed E-state index contributed by atoms with van der Waals surface area (Å²) in [7, 11) is 0. The molecule has 1 aliphatic heterocycles. The van der Waals surface area contributed by atoms with Crippen molar-refractivity contribution in [1.29, 1.82) is 0 Å². The van der Waals surface area contributed by atoms with Gasteiger partial charge in [-0.1, -0.05) is 139 Å². The van der Waals surface area contributed by atoms with Gasteiger partial charge in [-0.2, -0.15) is 0 Å². The van der Waals surface area contributed by atoms with E-state index in [0.717, 1.165) is 31.8 Å². The highest BCUT2D eigenvalue weighted by Crippen LogP contribution is 2.16. The van der Waals surface area contributed by atoms with Gasteiger partial charge in [-0.05, 0) is 18.9 Å². The van der Waals surface area contributed by atoms with Crippen molar-refractivity contribution in [2.45, 2.75) is 123 Å². The van der Waals surface area contributed by atoms with E-state index in [0.29, 0.717) is 0 Å². The quantitative estimate of drug-likeness (QED) is 0.184. The van der Waals surface area contributed by atoms with Gasteiger partial charge >= 0.3 is 0 Å². The van der Waals surface area contributed by atoms with E-state index in [1.54, 1.807) is 0 Å². The van der Waals surface area contributed by atoms with Crippen LogP contribution in [0.1, 0.15) is 122 Å². The first kappa shape index (κ1) is 27.6. The maximum atomic E-state index is 6.21. The SMILES string of the molecule is CCCCCCCCCCCCCCCCC(C)ON1CCN=C1CC=Cc1ccccc1. The lowest BCUT2D eigenvalue weighted by Crippen LogP contribution is -2.31. The predicted molar refractivity (Wildman–Crippen MR) is 145 cm³/mol. The average Bonchev–Trinajstić information content (AvgIpc) is 3.26. The number of benzene rings is 1. The topological polar surface area (TPSA) is 24.8 Å². The molecule has 0 radical (unpaired) electrons. The monoisotopic (exact) mass is 454 g/mol. The molecule has 1 unspecified atom stereocenters. The first-order chi connectivity index (χ1) is 16.3. The smallest absolute Gasteiger partial charge is 0.127 e. The van der Waals surface area contributed by atoms with Gasteiger partial charge in [0, 0.05) is 6.42 Å². The first-order valence-corrected chi connectivity index (χ1v) is 14.0. The van der Waals surface area contributed by atoms with Crippen molar-refractivity contribution in [3.63, 3.8) is 0 Å². The molecule has 0 amide bonds. The zero-order valence-corrected chi connectivity index (χ0v) is 21.6. The molecule has 186 valence electrons. The molecule has 0 N–H and O–H groups in total. The Bertz CT molecular complexity index is 640. The molecule has 0 saturated carbocycles. The van der Waals surface area contributed by atoms with Crippen molar-refractivity contribution in [2.24, 2.45) is 4.99 Å². The fourth-order valence-electron chi connectivity index (χ4n) is 4.52. The van der Waals surface area contributed by atoms with Crippen LogP contribution in [0.5, 0.6) is 0 Å². The zero-order chi connectivity index (χ0) is 23.4. The summed E-state index contributed by atoms with van der Waals surface area (Å²) >= 11 is 0. The Morgan fingerprint density at radius 2 is 1.42 bits per heavy atom. The number of hydroxylamine groups is 2. The molecule has 0 bridgehead atoms. The lowest BCUT2D eigenvalue weighted by atomic mass is 10.0. The molecule has 1 atom stereocenters. The van der Waals surface area contributed by atoms with Crippen LogP contribution in [0.15, 0.2) is 41.4 Å². The van der Waals surface area contributed by atoms with Crippen LogP contribution in [0.25, 0.3) is 6.08 Å². The molecule has 2 rings (SSSR count). The number of aliphatic imine (C=N–C) groups is 1. The number of hydrogen-bond donors (Lipinski definition) is 0. The minimum absolute atomic E-state index is 0.267. The molecule has 1 aromatic carbocycles. The van der Waals surface area contributed by atoms with Crippen LogP contribution in [0.2, 0.25) is 0 Å². The van der Waals surface area contributed by atoms with Gasteiger partial charge in [-0.25, -0.2) is 5.06 Å². The Morgan fingerprint density at radius 1 is 0.848 bits per heavy atom. The Morgan fingerprint density at radius 3 is 2.03 bits per heavy atom. The molecule has 3 heteroatoms. The zero-order valence-electron chi connectivity index (χ0n) is 21.6. The Kier molecular flexibility index (Phi) is 15.7. The second-order valence-corrected chi connectivity index (χ2v) is 9.72. The van der Waals surface area contributed by atoms with Gasteiger partial charge in [0.1, 0.15) is 5.84 Å². The van der Waals surface area contributed by atoms with Crippen LogP contribution in [0.4, 0.5) is 0 Å². The lowest BCUT2D eigenvalue weighted by Gasteiger charge is -2.23. The van der Waals surface area contributed by atoms with E-state index in [1.807, 2.05) is 11.1 Å². The summed E-state index contributed by atoms with van der Waals surface area (Å²) in [4.78, 5) is 10.8. The highest BCUT2D eigenvalue weighted by molar-refractivity contribution is 5.84. The first-order valence-electron chi connectivity index (χ1n) is 14.0. The minimum Gasteiger partial charge on any atom is -0.269 e. The number of rotatable bonds is 20. The second kappa shape index (κ2) is 18.8. The van der Waals surface area contributed by atoms with Gasteiger partial charge in [-0.3, -0.25) is 9.83 Å². The maximum absolute atomic E-state index is 6.21. The van der Waals surface area contributed by atoms with Crippen LogP contribution in [0, 0.1) is 0 Å². The third kappa shape index (κ3) is 13.6. The fraction of sp³-hybridized carbons (Fsp3) is 0.700. The van der Waals surface area contributed by atoms with E-state index in [4.69, 9.17) is 4.84 Å². The molecule has 1 aromatic rings. The number of unbranched alkanes of at least 4 members (excludes halogenated alkanes) is 13. The standard InChI is InChI=1S/C30H50N2O/c1-3-4-5-6-7-8-9-10-11-12-13-14-15-17-21-28(2)33-32-27-26-31-30(32)25-20-24-29-22-18-16-19-23-29/h16,18-20,22-24,28H,3-15,17,21,25-27H2,1-2H3. The van der Waals surface area contributed by atoms with E-state index in [-0.39, 0.29) is 6.10 Å². The van der Waals surface area contributed by atoms with Crippen molar-refractivity contribution in [3.05, 3.63) is 42.0 Å². The Balaban J connectivity index is 1.42. The van der Waals surface area contributed by atoms with E-state index in [9.17, 15) is 0 Å². The van der Waals surface area contributed by atoms with Gasteiger partial charge < -0.3 is 0 Å². The summed E-state index contributed by atoms with van der Waals surface area (Å²) < 4.78 is 0. The molecule has 1 aliphatic rings. The van der Waals surface area contributed by atoms with Crippen molar-refractivity contribution in [2.75, 3.05) is 13.1 Å². The summed E-state index contributed by atoms with van der Waals surface area (Å²) in [5.74, 6) is 1.06. The largest absolute Gasteiger partial charge is 0.269 e. The summed E-state index contributed by atoms with van der Waals surface area (Å²) in [5, 5.41) is 2.03. The van der Waals surface area contributed by atoms with Gasteiger partial charge in [-0.15, -0.1) is 0 Å². The third-order valence-corrected chi connectivity index (χ3v) is 6.57. The van der Waals surface area contributed by atoms with Gasteiger partial charge in [0.2, 0.25) is 0 Å². The van der Waals surface area contributed by atoms with E-state index in [2.05, 4.69) is 55.3 Å². The predicted octanol–water partition coefficient (Wildman–Crippen LogP) is 9.00. The van der Waals surface area contributed by atoms with Crippen LogP contribution in [-0.4, -0.2) is 30.1 Å². The van der Waals surface area contributed by atoms with Gasteiger partial charge in [0.15, 0.2) is 0 Å². The summed E-state index contributed by atoms with van der Waals surface area (Å²) in [6.45, 7) is 6.23. The highest BCUT2D eigenvalue weighted by atomic mass is 16.7. The third-order valence-electron chi connectivity index (χ3n) is 6.57. The highest BCUT2D eigenvalue weighted by Gasteiger charge is 2.18. The molecule has 0 aliphatic carbocycles. The molecular weight excluding hydrogens is 404 g/mol. The van der Waals surface area contributed by atoms with Crippen LogP contribution in [-0.2, 0) is 4.84 Å². The number of hydrogen-bond acceptors (Lipinski definition) is 3. The molecule has 0 spiro atoms. The average molecular weight is 455 g/mol. The fourth-order valence-corrected chi connectivity index (χ4v) is 4.52. The van der Waals surface area contributed by atoms with Gasteiger partial charge in [0.25, 0.3) is 0 Å². The molecule has 0 saturated heterocycles. The molecule has 0 aromatic heterocycles. The molecular formula is C30H50N2O. The van der Waals surface area contributed by atoms with Gasteiger partial charge in [0.05, 0.1) is 19.2 Å². The van der Waals surface area contributed by atoms with Crippen LogP contribution in [0.3, 0.4) is 0 Å². The number of nitrogens with zero attached hydrogens (tertiary/aromatic N) is 2. The van der Waals surface area contributed by atoms with E-state index < -0.39 is 0 Å². The lowest BCUT2D eigenvalue weighted by molar-refractivity contribution is -0.136. The summed E-state index contributed by atoms with van der Waals surface area (Å²) in [5.41, 5.74) is 1.23. The molecule has 1 heterocycles. The van der Waals surface area contributed by atoms with Crippen molar-refractivity contribution >= 4 is 11.9 Å². The summed E-state index contributed by atoms with van der Waals surface area (Å²) in [6.07, 6.45) is 26.3. The second-order valence-electron chi connectivity index (χ2n) is 9.72. The van der Waals surface area contributed by atoms with Crippen molar-refractivity contribution in [1.82, 2.24) is 5.06 Å². The normalized spacial score (nSPS) is 14.8. The maximum Gasteiger partial charge on any atom is 0.127 e. The van der Waals surface area contributed by atoms with Crippen molar-refractivity contribution in [3.8, 4) is 0 Å².